The number of amidine groups is 1. The molecule has 19 heavy (non-hydrogen) atoms. The first-order chi connectivity index (χ1) is 9.26. The molecule has 0 fully saturated rings. The molecule has 0 aliphatic carbocycles. The number of hydrogen-bond donors (Lipinski definition) is 1. The highest BCUT2D eigenvalue weighted by Gasteiger charge is 2.06. The second kappa shape index (κ2) is 9.16. The maximum absolute atomic E-state index is 11.3. The highest BCUT2D eigenvalue weighted by atomic mass is 32.2. The Morgan fingerprint density at radius 2 is 2.16 bits per heavy atom. The number of nitrogens with one attached hydrogen (secondary N) is 1. The van der Waals surface area contributed by atoms with E-state index >= 15 is 0 Å². The van der Waals surface area contributed by atoms with Crippen molar-refractivity contribution in [3.05, 3.63) is 35.9 Å². The number of alkyl carbamates (subject to hydrolysis) is 1. The monoisotopic (exact) mass is 280 g/mol. The minimum Gasteiger partial charge on any atom is -0.450 e. The highest BCUT2D eigenvalue weighted by Crippen LogP contribution is 2.05. The Balaban J connectivity index is 2.61. The third-order valence-electron chi connectivity index (χ3n) is 2.02. The molecule has 0 aliphatic rings. The summed E-state index contributed by atoms with van der Waals surface area (Å²) in [4.78, 5) is 25.9. The van der Waals surface area contributed by atoms with Gasteiger partial charge < -0.3 is 9.53 Å². The first kappa shape index (κ1) is 15.2. The number of aldehydes is 1. The van der Waals surface area contributed by atoms with Gasteiger partial charge in [-0.05, 0) is 12.5 Å². The van der Waals surface area contributed by atoms with Crippen molar-refractivity contribution in [1.82, 2.24) is 5.32 Å². The number of thioether (sulfide) groups is 1. The number of carbonyl (C=O) groups excluding carboxylic acids is 2. The second-order valence-corrected chi connectivity index (χ2v) is 4.44. The molecule has 102 valence electrons. The maximum Gasteiger partial charge on any atom is 0.413 e. The number of aliphatic imine (C=N–C) groups is 1. The van der Waals surface area contributed by atoms with Gasteiger partial charge in [-0.3, -0.25) is 10.3 Å². The first-order valence-corrected chi connectivity index (χ1v) is 6.83. The molecule has 0 bridgehead atoms. The number of ether oxygens (including phenoxy) is 1. The van der Waals surface area contributed by atoms with E-state index in [1.807, 2.05) is 30.3 Å². The number of carbonyl (C=O) groups is 2. The largest absolute Gasteiger partial charge is 0.450 e. The molecule has 0 aromatic heterocycles. The van der Waals surface area contributed by atoms with E-state index in [0.29, 0.717) is 11.7 Å². The summed E-state index contributed by atoms with van der Waals surface area (Å²) in [6, 6.07) is 9.64. The Morgan fingerprint density at radius 1 is 1.42 bits per heavy atom. The standard InChI is InChI=1S/C13H16N2O3S/c1-2-18-13(17)15-12(19-9-8-16)14-10-11-6-4-3-5-7-11/h3-8H,2,9-10H2,1H3,(H,14,15,17). The van der Waals surface area contributed by atoms with Gasteiger partial charge in [-0.15, -0.1) is 0 Å². The van der Waals surface area contributed by atoms with Crippen molar-refractivity contribution in [2.75, 3.05) is 12.4 Å². The minimum atomic E-state index is -0.562. The number of hydrogen-bond acceptors (Lipinski definition) is 5. The van der Waals surface area contributed by atoms with Crippen molar-refractivity contribution in [3.8, 4) is 0 Å². The molecular formula is C13H16N2O3S. The molecule has 1 aromatic carbocycles. The van der Waals surface area contributed by atoms with Crippen molar-refractivity contribution >= 4 is 29.3 Å². The first-order valence-electron chi connectivity index (χ1n) is 5.84. The van der Waals surface area contributed by atoms with E-state index in [4.69, 9.17) is 4.74 Å². The topological polar surface area (TPSA) is 67.8 Å². The minimum absolute atomic E-state index is 0.236. The van der Waals surface area contributed by atoms with Gasteiger partial charge in [0.25, 0.3) is 0 Å². The number of benzene rings is 1. The predicted octanol–water partition coefficient (Wildman–Crippen LogP) is 2.22. The van der Waals surface area contributed by atoms with E-state index in [-0.39, 0.29) is 12.4 Å². The molecule has 0 spiro atoms. The zero-order valence-electron chi connectivity index (χ0n) is 10.7. The van der Waals surface area contributed by atoms with Gasteiger partial charge in [0.15, 0.2) is 5.17 Å². The SMILES string of the molecule is CCOC(=O)NC(=NCc1ccccc1)SCC=O. The van der Waals surface area contributed by atoms with Crippen molar-refractivity contribution in [2.45, 2.75) is 13.5 Å². The number of rotatable bonds is 5. The van der Waals surface area contributed by atoms with Crippen LogP contribution < -0.4 is 5.32 Å². The summed E-state index contributed by atoms with van der Waals surface area (Å²) in [5.41, 5.74) is 1.03. The van der Waals surface area contributed by atoms with Crippen molar-refractivity contribution in [1.29, 1.82) is 0 Å². The van der Waals surface area contributed by atoms with E-state index in [2.05, 4.69) is 10.3 Å². The zero-order chi connectivity index (χ0) is 13.9. The third-order valence-corrected chi connectivity index (χ3v) is 2.83. The van der Waals surface area contributed by atoms with Crippen molar-refractivity contribution < 1.29 is 14.3 Å². The lowest BCUT2D eigenvalue weighted by atomic mass is 10.2. The smallest absolute Gasteiger partial charge is 0.413 e. The lowest BCUT2D eigenvalue weighted by Crippen LogP contribution is -2.29. The van der Waals surface area contributed by atoms with Crippen LogP contribution in [-0.2, 0) is 16.1 Å². The molecule has 0 saturated heterocycles. The lowest BCUT2D eigenvalue weighted by Gasteiger charge is -2.07. The molecule has 0 radical (unpaired) electrons. The normalized spacial score (nSPS) is 10.9. The van der Waals surface area contributed by atoms with Crippen LogP contribution in [0.25, 0.3) is 0 Å². The Labute approximate surface area is 116 Å². The lowest BCUT2D eigenvalue weighted by molar-refractivity contribution is -0.105. The Kier molecular flexibility index (Phi) is 7.34. The summed E-state index contributed by atoms with van der Waals surface area (Å²) in [6.07, 6.45) is 0.197. The molecule has 0 aliphatic heterocycles. The Hall–Kier alpha value is -1.82. The number of amides is 1. The summed E-state index contributed by atoms with van der Waals surface area (Å²) >= 11 is 1.16. The molecule has 0 saturated carbocycles. The summed E-state index contributed by atoms with van der Waals surface area (Å²) in [5.74, 6) is 0.236. The van der Waals surface area contributed by atoms with Crippen molar-refractivity contribution in [2.24, 2.45) is 4.99 Å². The molecule has 1 aromatic rings. The maximum atomic E-state index is 11.3. The summed E-state index contributed by atoms with van der Waals surface area (Å²) < 4.78 is 4.77. The van der Waals surface area contributed by atoms with Gasteiger partial charge in [0, 0.05) is 0 Å². The molecule has 0 atom stereocenters. The summed E-state index contributed by atoms with van der Waals surface area (Å²) in [5, 5.41) is 2.90. The van der Waals surface area contributed by atoms with Gasteiger partial charge in [0.05, 0.1) is 18.9 Å². The summed E-state index contributed by atoms with van der Waals surface area (Å²) in [6.45, 7) is 2.45. The van der Waals surface area contributed by atoms with Crippen LogP contribution in [0.4, 0.5) is 4.79 Å². The van der Waals surface area contributed by atoms with Gasteiger partial charge in [-0.2, -0.15) is 0 Å². The molecule has 5 nitrogen and oxygen atoms in total. The van der Waals surface area contributed by atoms with Crippen LogP contribution >= 0.6 is 11.8 Å². The van der Waals surface area contributed by atoms with Gasteiger partial charge in [0.2, 0.25) is 0 Å². The fraction of sp³-hybridized carbons (Fsp3) is 0.308. The molecule has 1 rings (SSSR count). The fourth-order valence-electron chi connectivity index (χ4n) is 1.24. The molecule has 1 amide bonds. The van der Waals surface area contributed by atoms with E-state index in [9.17, 15) is 9.59 Å². The molecule has 0 heterocycles. The van der Waals surface area contributed by atoms with Gasteiger partial charge in [0.1, 0.15) is 6.29 Å². The van der Waals surface area contributed by atoms with Crippen molar-refractivity contribution in [3.63, 3.8) is 0 Å². The van der Waals surface area contributed by atoms with Crippen LogP contribution in [0.1, 0.15) is 12.5 Å². The van der Waals surface area contributed by atoms with E-state index < -0.39 is 6.09 Å². The average molecular weight is 280 g/mol. The molecule has 1 N–H and O–H groups in total. The van der Waals surface area contributed by atoms with Gasteiger partial charge in [-0.1, -0.05) is 42.1 Å². The highest BCUT2D eigenvalue weighted by molar-refractivity contribution is 8.14. The molecule has 6 heteroatoms. The van der Waals surface area contributed by atoms with E-state index in [1.165, 1.54) is 0 Å². The predicted molar refractivity (Wildman–Crippen MR) is 76.3 cm³/mol. The van der Waals surface area contributed by atoms with Gasteiger partial charge in [-0.25, -0.2) is 4.79 Å². The fourth-order valence-corrected chi connectivity index (χ4v) is 1.77. The Bertz CT molecular complexity index is 435. The van der Waals surface area contributed by atoms with E-state index in [0.717, 1.165) is 23.6 Å². The molecule has 0 unspecified atom stereocenters. The second-order valence-electron chi connectivity index (χ2n) is 3.43. The van der Waals surface area contributed by atoms with Crippen LogP contribution in [0.5, 0.6) is 0 Å². The van der Waals surface area contributed by atoms with Crippen LogP contribution in [-0.4, -0.2) is 29.9 Å². The zero-order valence-corrected chi connectivity index (χ0v) is 11.5. The Morgan fingerprint density at radius 3 is 2.79 bits per heavy atom. The quantitative estimate of drug-likeness (QED) is 0.510. The van der Waals surface area contributed by atoms with E-state index in [1.54, 1.807) is 6.92 Å². The summed E-state index contributed by atoms with van der Waals surface area (Å²) in [7, 11) is 0. The van der Waals surface area contributed by atoms with Crippen LogP contribution in [0.2, 0.25) is 0 Å². The third kappa shape index (κ3) is 6.61. The van der Waals surface area contributed by atoms with Crippen LogP contribution in [0, 0.1) is 0 Å². The van der Waals surface area contributed by atoms with Crippen LogP contribution in [0.3, 0.4) is 0 Å². The average Bonchev–Trinajstić information content (AvgIpc) is 2.43. The molecular weight excluding hydrogens is 264 g/mol. The van der Waals surface area contributed by atoms with Crippen LogP contribution in [0.15, 0.2) is 35.3 Å². The number of nitrogens with zero attached hydrogens (tertiary/aromatic N) is 1. The van der Waals surface area contributed by atoms with Gasteiger partial charge >= 0.3 is 6.09 Å².